The van der Waals surface area contributed by atoms with Gasteiger partial charge in [0.1, 0.15) is 5.82 Å². The number of aromatic nitrogens is 1. The molecule has 0 aliphatic carbocycles. The van der Waals surface area contributed by atoms with Crippen LogP contribution in [0, 0.1) is 9.39 Å². The first kappa shape index (κ1) is 15.4. The Labute approximate surface area is 133 Å². The number of hydrogen-bond acceptors (Lipinski definition) is 3. The number of rotatable bonds is 4. The minimum absolute atomic E-state index is 0.177. The van der Waals surface area contributed by atoms with E-state index >= 15 is 0 Å². The van der Waals surface area contributed by atoms with Crippen LogP contribution in [0.5, 0.6) is 0 Å². The Balaban J connectivity index is 2.10. The average Bonchev–Trinajstić information content (AvgIpc) is 2.40. The van der Waals surface area contributed by atoms with Crippen molar-refractivity contribution in [3.05, 3.63) is 57.2 Å². The van der Waals surface area contributed by atoms with Crippen LogP contribution < -0.4 is 5.32 Å². The SMILES string of the molecule is O=C(O)Cc1ccc(NC(=O)c2ccc(F)cc2I)cn1. The van der Waals surface area contributed by atoms with E-state index in [9.17, 15) is 14.0 Å². The molecule has 2 N–H and O–H groups in total. The molecule has 0 radical (unpaired) electrons. The zero-order chi connectivity index (χ0) is 15.4. The van der Waals surface area contributed by atoms with E-state index in [1.165, 1.54) is 30.5 Å². The Kier molecular flexibility index (Phi) is 4.84. The Hall–Kier alpha value is -2.03. The van der Waals surface area contributed by atoms with Gasteiger partial charge in [0, 0.05) is 3.57 Å². The van der Waals surface area contributed by atoms with E-state index in [4.69, 9.17) is 5.11 Å². The molecule has 1 aromatic carbocycles. The maximum atomic E-state index is 13.0. The molecule has 1 aromatic heterocycles. The summed E-state index contributed by atoms with van der Waals surface area (Å²) in [5.74, 6) is -1.76. The van der Waals surface area contributed by atoms with Crippen molar-refractivity contribution in [1.82, 2.24) is 4.98 Å². The lowest BCUT2D eigenvalue weighted by Gasteiger charge is -2.07. The van der Waals surface area contributed by atoms with Crippen molar-refractivity contribution in [3.63, 3.8) is 0 Å². The van der Waals surface area contributed by atoms with Crippen molar-refractivity contribution in [3.8, 4) is 0 Å². The fourth-order valence-electron chi connectivity index (χ4n) is 1.63. The highest BCUT2D eigenvalue weighted by atomic mass is 127. The number of halogens is 2. The summed E-state index contributed by atoms with van der Waals surface area (Å²) < 4.78 is 13.5. The van der Waals surface area contributed by atoms with Crippen LogP contribution in [0.25, 0.3) is 0 Å². The van der Waals surface area contributed by atoms with Crippen molar-refractivity contribution in [1.29, 1.82) is 0 Å². The molecule has 0 unspecified atom stereocenters. The molecule has 0 atom stereocenters. The van der Waals surface area contributed by atoms with E-state index < -0.39 is 11.8 Å². The zero-order valence-electron chi connectivity index (χ0n) is 10.6. The third kappa shape index (κ3) is 4.22. The van der Waals surface area contributed by atoms with Gasteiger partial charge >= 0.3 is 5.97 Å². The molecule has 2 aromatic rings. The number of carbonyl (C=O) groups excluding carboxylic acids is 1. The van der Waals surface area contributed by atoms with Gasteiger partial charge in [0.05, 0.1) is 29.6 Å². The number of hydrogen-bond donors (Lipinski definition) is 2. The second kappa shape index (κ2) is 6.61. The van der Waals surface area contributed by atoms with Crippen LogP contribution in [0.4, 0.5) is 10.1 Å². The van der Waals surface area contributed by atoms with Gasteiger partial charge in [0.2, 0.25) is 0 Å². The lowest BCUT2D eigenvalue weighted by Crippen LogP contribution is -2.14. The van der Waals surface area contributed by atoms with Crippen molar-refractivity contribution < 1.29 is 19.1 Å². The predicted octanol–water partition coefficient (Wildman–Crippen LogP) is 2.70. The van der Waals surface area contributed by atoms with Crippen LogP contribution in [-0.2, 0) is 11.2 Å². The van der Waals surface area contributed by atoms with Crippen molar-refractivity contribution in [2.45, 2.75) is 6.42 Å². The predicted molar refractivity (Wildman–Crippen MR) is 82.6 cm³/mol. The van der Waals surface area contributed by atoms with E-state index in [0.29, 0.717) is 20.5 Å². The van der Waals surface area contributed by atoms with Crippen LogP contribution >= 0.6 is 22.6 Å². The molecule has 0 spiro atoms. The number of amides is 1. The molecule has 1 heterocycles. The summed E-state index contributed by atoms with van der Waals surface area (Å²) in [6.07, 6.45) is 1.21. The minimum Gasteiger partial charge on any atom is -0.481 e. The third-order valence-electron chi connectivity index (χ3n) is 2.59. The number of carbonyl (C=O) groups is 2. The van der Waals surface area contributed by atoms with Crippen molar-refractivity contribution >= 4 is 40.2 Å². The van der Waals surface area contributed by atoms with Crippen LogP contribution in [0.15, 0.2) is 36.5 Å². The summed E-state index contributed by atoms with van der Waals surface area (Å²) in [4.78, 5) is 26.5. The second-order valence-corrected chi connectivity index (χ2v) is 5.35. The summed E-state index contributed by atoms with van der Waals surface area (Å²) >= 11 is 1.88. The molecule has 0 saturated carbocycles. The van der Waals surface area contributed by atoms with Gasteiger partial charge in [-0.25, -0.2) is 4.39 Å². The minimum atomic E-state index is -0.972. The summed E-state index contributed by atoms with van der Waals surface area (Å²) in [7, 11) is 0. The molecule has 21 heavy (non-hydrogen) atoms. The van der Waals surface area contributed by atoms with Gasteiger partial charge in [-0.1, -0.05) is 0 Å². The number of carboxylic acid groups (broad SMARTS) is 1. The van der Waals surface area contributed by atoms with E-state index in [2.05, 4.69) is 10.3 Å². The van der Waals surface area contributed by atoms with E-state index in [0.717, 1.165) is 0 Å². The van der Waals surface area contributed by atoms with Crippen molar-refractivity contribution in [2.24, 2.45) is 0 Å². The van der Waals surface area contributed by atoms with Gasteiger partial charge in [0.25, 0.3) is 5.91 Å². The number of anilines is 1. The molecule has 5 nitrogen and oxygen atoms in total. The maximum Gasteiger partial charge on any atom is 0.309 e. The Morgan fingerprint density at radius 1 is 1.29 bits per heavy atom. The highest BCUT2D eigenvalue weighted by Gasteiger charge is 2.11. The molecule has 0 aliphatic rings. The number of benzene rings is 1. The average molecular weight is 400 g/mol. The van der Waals surface area contributed by atoms with Gasteiger partial charge in [-0.2, -0.15) is 0 Å². The normalized spacial score (nSPS) is 10.2. The van der Waals surface area contributed by atoms with Crippen LogP contribution in [0.2, 0.25) is 0 Å². The standard InChI is InChI=1S/C14H10FIN2O3/c15-8-1-4-11(12(16)5-8)14(21)18-10-3-2-9(17-7-10)6-13(19)20/h1-5,7H,6H2,(H,18,21)(H,19,20). The van der Waals surface area contributed by atoms with Crippen molar-refractivity contribution in [2.75, 3.05) is 5.32 Å². The first-order valence-electron chi connectivity index (χ1n) is 5.89. The van der Waals surface area contributed by atoms with Crippen LogP contribution in [-0.4, -0.2) is 22.0 Å². The monoisotopic (exact) mass is 400 g/mol. The van der Waals surface area contributed by atoms with Gasteiger partial charge in [0.15, 0.2) is 0 Å². The Bertz CT molecular complexity index is 689. The molecule has 1 amide bonds. The Morgan fingerprint density at radius 3 is 2.62 bits per heavy atom. The first-order valence-corrected chi connectivity index (χ1v) is 6.96. The highest BCUT2D eigenvalue weighted by molar-refractivity contribution is 14.1. The summed E-state index contributed by atoms with van der Waals surface area (Å²) in [5, 5.41) is 11.3. The summed E-state index contributed by atoms with van der Waals surface area (Å²) in [6.45, 7) is 0. The summed E-state index contributed by atoms with van der Waals surface area (Å²) in [5.41, 5.74) is 1.19. The molecule has 0 saturated heterocycles. The maximum absolute atomic E-state index is 13.0. The largest absolute Gasteiger partial charge is 0.481 e. The Morgan fingerprint density at radius 2 is 2.05 bits per heavy atom. The molecule has 108 valence electrons. The van der Waals surface area contributed by atoms with E-state index in [1.807, 2.05) is 22.6 Å². The molecule has 0 aliphatic heterocycles. The lowest BCUT2D eigenvalue weighted by atomic mass is 10.2. The molecule has 2 rings (SSSR count). The smallest absolute Gasteiger partial charge is 0.309 e. The molecular weight excluding hydrogens is 390 g/mol. The topological polar surface area (TPSA) is 79.3 Å². The highest BCUT2D eigenvalue weighted by Crippen LogP contribution is 2.16. The molecule has 0 fully saturated rings. The number of aliphatic carboxylic acids is 1. The van der Waals surface area contributed by atoms with Gasteiger partial charge in [-0.3, -0.25) is 14.6 Å². The van der Waals surface area contributed by atoms with Crippen LogP contribution in [0.1, 0.15) is 16.1 Å². The fraction of sp³-hybridized carbons (Fsp3) is 0.0714. The third-order valence-corrected chi connectivity index (χ3v) is 3.48. The number of carboxylic acids is 1. The molecule has 7 heteroatoms. The number of nitrogens with zero attached hydrogens (tertiary/aromatic N) is 1. The van der Waals surface area contributed by atoms with Crippen LogP contribution in [0.3, 0.4) is 0 Å². The van der Waals surface area contributed by atoms with Gasteiger partial charge in [-0.05, 0) is 52.9 Å². The van der Waals surface area contributed by atoms with Gasteiger partial charge < -0.3 is 10.4 Å². The van der Waals surface area contributed by atoms with Gasteiger partial charge in [-0.15, -0.1) is 0 Å². The summed E-state index contributed by atoms with van der Waals surface area (Å²) in [6, 6.07) is 6.98. The fourth-order valence-corrected chi connectivity index (χ4v) is 2.35. The number of nitrogens with one attached hydrogen (secondary N) is 1. The zero-order valence-corrected chi connectivity index (χ0v) is 12.8. The van der Waals surface area contributed by atoms with E-state index in [-0.39, 0.29) is 12.3 Å². The first-order chi connectivity index (χ1) is 9.95. The lowest BCUT2D eigenvalue weighted by molar-refractivity contribution is -0.136. The molecule has 0 bridgehead atoms. The molecular formula is C14H10FIN2O3. The number of pyridine rings is 1. The quantitative estimate of drug-likeness (QED) is 0.774. The van der Waals surface area contributed by atoms with E-state index in [1.54, 1.807) is 6.07 Å². The second-order valence-electron chi connectivity index (χ2n) is 4.19.